The van der Waals surface area contributed by atoms with E-state index >= 15 is 0 Å². The topological polar surface area (TPSA) is 33.3 Å². The molecule has 12 heavy (non-hydrogen) atoms. The van der Waals surface area contributed by atoms with E-state index in [-0.39, 0.29) is 6.10 Å². The molecule has 1 fully saturated rings. The lowest BCUT2D eigenvalue weighted by molar-refractivity contribution is -0.170. The third-order valence-corrected chi connectivity index (χ3v) is 1.88. The second-order valence-corrected chi connectivity index (χ2v) is 2.91. The normalized spacial score (nSPS) is 34.4. The Balaban J connectivity index is 1.91. The van der Waals surface area contributed by atoms with Crippen LogP contribution in [0.4, 0.5) is 4.39 Å². The first kappa shape index (κ1) is 7.76. The molecule has 0 aliphatic carbocycles. The zero-order chi connectivity index (χ0) is 8.44. The molecule has 0 aromatic rings. The zero-order valence-corrected chi connectivity index (χ0v) is 6.59. The van der Waals surface area contributed by atoms with Crippen LogP contribution in [-0.2, 0) is 4.74 Å². The van der Waals surface area contributed by atoms with Crippen LogP contribution in [0.5, 0.6) is 0 Å². The van der Waals surface area contributed by atoms with Gasteiger partial charge >= 0.3 is 5.98 Å². The lowest BCUT2D eigenvalue weighted by atomic mass is 10.2. The third kappa shape index (κ3) is 1.49. The van der Waals surface area contributed by atoms with Crippen molar-refractivity contribution in [1.82, 2.24) is 10.6 Å². The molecular weight excluding hydrogens is 159 g/mol. The molecule has 0 aromatic carbocycles. The minimum Gasteiger partial charge on any atom is -0.334 e. The van der Waals surface area contributed by atoms with Gasteiger partial charge in [-0.25, -0.2) is 0 Å². The van der Waals surface area contributed by atoms with Crippen LogP contribution in [-0.4, -0.2) is 25.2 Å². The van der Waals surface area contributed by atoms with E-state index in [1.165, 1.54) is 12.3 Å². The Morgan fingerprint density at radius 1 is 1.42 bits per heavy atom. The zero-order valence-electron chi connectivity index (χ0n) is 6.59. The largest absolute Gasteiger partial charge is 0.334 e. The summed E-state index contributed by atoms with van der Waals surface area (Å²) in [5.41, 5.74) is 0. The molecule has 2 rings (SSSR count). The van der Waals surface area contributed by atoms with Crippen molar-refractivity contribution in [2.75, 3.05) is 13.1 Å². The van der Waals surface area contributed by atoms with Gasteiger partial charge in [-0.15, -0.1) is 0 Å². The van der Waals surface area contributed by atoms with Gasteiger partial charge in [0, 0.05) is 25.4 Å². The highest BCUT2D eigenvalue weighted by Crippen LogP contribution is 2.18. The maximum absolute atomic E-state index is 13.5. The molecule has 2 aliphatic rings. The fourth-order valence-electron chi connectivity index (χ4n) is 1.11. The number of hydrogen-bond acceptors (Lipinski definition) is 3. The van der Waals surface area contributed by atoms with Gasteiger partial charge < -0.3 is 15.4 Å². The maximum atomic E-state index is 13.5. The summed E-state index contributed by atoms with van der Waals surface area (Å²) in [4.78, 5) is 0. The average molecular weight is 170 g/mol. The first-order valence-corrected chi connectivity index (χ1v) is 3.98. The van der Waals surface area contributed by atoms with Gasteiger partial charge in [-0.3, -0.25) is 0 Å². The number of nitrogens with one attached hydrogen (secondary N) is 2. The molecule has 3 nitrogen and oxygen atoms in total. The fourth-order valence-corrected chi connectivity index (χ4v) is 1.11. The SMILES string of the molecule is FC1(OC2CNC2)C=CC=CN1. The van der Waals surface area contributed by atoms with Gasteiger partial charge in [0.15, 0.2) is 0 Å². The Labute approximate surface area is 70.3 Å². The summed E-state index contributed by atoms with van der Waals surface area (Å²) in [6.07, 6.45) is 6.24. The number of hydrogen-bond donors (Lipinski definition) is 2. The van der Waals surface area contributed by atoms with Crippen LogP contribution in [0, 0.1) is 0 Å². The highest BCUT2D eigenvalue weighted by molar-refractivity contribution is 5.13. The number of ether oxygens (including phenoxy) is 1. The van der Waals surface area contributed by atoms with E-state index < -0.39 is 5.98 Å². The highest BCUT2D eigenvalue weighted by Gasteiger charge is 2.33. The van der Waals surface area contributed by atoms with Crippen molar-refractivity contribution in [3.8, 4) is 0 Å². The maximum Gasteiger partial charge on any atom is 0.308 e. The highest BCUT2D eigenvalue weighted by atomic mass is 19.2. The molecule has 1 unspecified atom stereocenters. The van der Waals surface area contributed by atoms with E-state index in [4.69, 9.17) is 4.74 Å². The lowest BCUT2D eigenvalue weighted by Gasteiger charge is -2.34. The van der Waals surface area contributed by atoms with Crippen molar-refractivity contribution in [1.29, 1.82) is 0 Å². The molecule has 1 saturated heterocycles. The Morgan fingerprint density at radius 2 is 2.25 bits per heavy atom. The summed E-state index contributed by atoms with van der Waals surface area (Å²) in [5, 5.41) is 5.52. The predicted molar refractivity (Wildman–Crippen MR) is 43.0 cm³/mol. The number of dihydropyridines is 1. The molecule has 2 aliphatic heterocycles. The third-order valence-electron chi connectivity index (χ3n) is 1.88. The predicted octanol–water partition coefficient (Wildman–Crippen LogP) is 0.271. The van der Waals surface area contributed by atoms with E-state index in [0.717, 1.165) is 13.1 Å². The van der Waals surface area contributed by atoms with E-state index in [2.05, 4.69) is 10.6 Å². The van der Waals surface area contributed by atoms with Crippen LogP contribution < -0.4 is 10.6 Å². The van der Waals surface area contributed by atoms with E-state index in [1.807, 2.05) is 0 Å². The number of rotatable bonds is 2. The van der Waals surface area contributed by atoms with Crippen LogP contribution in [0.15, 0.2) is 24.4 Å². The molecule has 0 saturated carbocycles. The van der Waals surface area contributed by atoms with Crippen molar-refractivity contribution in [2.45, 2.75) is 12.1 Å². The van der Waals surface area contributed by atoms with Crippen molar-refractivity contribution >= 4 is 0 Å². The summed E-state index contributed by atoms with van der Waals surface area (Å²) in [6, 6.07) is 0. The molecule has 0 aromatic heterocycles. The quantitative estimate of drug-likeness (QED) is 0.584. The summed E-state index contributed by atoms with van der Waals surface area (Å²) in [6.45, 7) is 1.45. The van der Waals surface area contributed by atoms with Crippen LogP contribution >= 0.6 is 0 Å². The van der Waals surface area contributed by atoms with Crippen molar-refractivity contribution in [2.24, 2.45) is 0 Å². The van der Waals surface area contributed by atoms with E-state index in [0.29, 0.717) is 0 Å². The Morgan fingerprint density at radius 3 is 2.75 bits per heavy atom. The van der Waals surface area contributed by atoms with Gasteiger partial charge in [0.1, 0.15) is 0 Å². The summed E-state index contributed by atoms with van der Waals surface area (Å²) >= 11 is 0. The molecule has 1 atom stereocenters. The molecule has 2 N–H and O–H groups in total. The molecule has 0 bridgehead atoms. The number of alkyl halides is 1. The minimum atomic E-state index is -1.80. The van der Waals surface area contributed by atoms with Gasteiger partial charge in [-0.1, -0.05) is 6.08 Å². The second kappa shape index (κ2) is 2.88. The van der Waals surface area contributed by atoms with Crippen molar-refractivity contribution in [3.05, 3.63) is 24.4 Å². The summed E-state index contributed by atoms with van der Waals surface area (Å²) in [7, 11) is 0. The van der Waals surface area contributed by atoms with Crippen molar-refractivity contribution < 1.29 is 9.13 Å². The first-order chi connectivity index (χ1) is 5.79. The molecule has 66 valence electrons. The number of halogens is 1. The molecule has 0 amide bonds. The van der Waals surface area contributed by atoms with Gasteiger partial charge in [-0.2, -0.15) is 4.39 Å². The summed E-state index contributed by atoms with van der Waals surface area (Å²) in [5.74, 6) is -1.80. The van der Waals surface area contributed by atoms with Gasteiger partial charge in [0.05, 0.1) is 6.10 Å². The smallest absolute Gasteiger partial charge is 0.308 e. The Kier molecular flexibility index (Phi) is 1.86. The second-order valence-electron chi connectivity index (χ2n) is 2.91. The molecule has 4 heteroatoms. The molecule has 2 heterocycles. The van der Waals surface area contributed by atoms with Gasteiger partial charge in [0.2, 0.25) is 0 Å². The Hall–Kier alpha value is -0.870. The molecular formula is C8H11FN2O. The molecule has 0 radical (unpaired) electrons. The molecule has 0 spiro atoms. The van der Waals surface area contributed by atoms with E-state index in [9.17, 15) is 4.39 Å². The van der Waals surface area contributed by atoms with E-state index in [1.54, 1.807) is 12.2 Å². The van der Waals surface area contributed by atoms with Crippen LogP contribution in [0.3, 0.4) is 0 Å². The fraction of sp³-hybridized carbons (Fsp3) is 0.500. The average Bonchev–Trinajstić information content (AvgIpc) is 1.99. The van der Waals surface area contributed by atoms with Gasteiger partial charge in [-0.05, 0) is 6.08 Å². The lowest BCUT2D eigenvalue weighted by Crippen LogP contribution is -2.54. The van der Waals surface area contributed by atoms with Crippen molar-refractivity contribution in [3.63, 3.8) is 0 Å². The van der Waals surface area contributed by atoms with Crippen LogP contribution in [0.2, 0.25) is 0 Å². The Bertz CT molecular complexity index is 225. The summed E-state index contributed by atoms with van der Waals surface area (Å²) < 4.78 is 18.7. The van der Waals surface area contributed by atoms with Gasteiger partial charge in [0.25, 0.3) is 0 Å². The van der Waals surface area contributed by atoms with Crippen LogP contribution in [0.25, 0.3) is 0 Å². The number of allylic oxidation sites excluding steroid dienone is 2. The minimum absolute atomic E-state index is 0.0151. The van der Waals surface area contributed by atoms with Crippen LogP contribution in [0.1, 0.15) is 0 Å². The monoisotopic (exact) mass is 170 g/mol. The standard InChI is InChI=1S/C8H11FN2O/c9-8(3-1-2-4-11-8)12-7-5-10-6-7/h1-4,7,10-11H,5-6H2. The first-order valence-electron chi connectivity index (χ1n) is 3.98.